The maximum absolute atomic E-state index is 10.5. The number of rotatable bonds is 3. The molecule has 4 aromatic rings. The van der Waals surface area contributed by atoms with Crippen LogP contribution in [0, 0.1) is 0 Å². The van der Waals surface area contributed by atoms with Gasteiger partial charge in [0, 0.05) is 17.3 Å². The van der Waals surface area contributed by atoms with E-state index in [9.17, 15) is 5.11 Å². The molecule has 0 aliphatic carbocycles. The molecular formula is C19H16ClN3O2. The number of hydrogen-bond acceptors (Lipinski definition) is 4. The molecule has 6 heteroatoms. The second kappa shape index (κ2) is 6.83. The molecule has 0 unspecified atom stereocenters. The zero-order chi connectivity index (χ0) is 16.5. The molecule has 5 nitrogen and oxygen atoms in total. The summed E-state index contributed by atoms with van der Waals surface area (Å²) in [5.74, 6) is 0.894. The molecule has 0 aliphatic heterocycles. The zero-order valence-corrected chi connectivity index (χ0v) is 14.3. The minimum Gasteiger partial charge on any atom is -0.497 e. The molecule has 0 aliphatic rings. The molecular weight excluding hydrogens is 338 g/mol. The Morgan fingerprint density at radius 2 is 1.68 bits per heavy atom. The van der Waals surface area contributed by atoms with Crippen LogP contribution < -0.4 is 4.74 Å². The van der Waals surface area contributed by atoms with E-state index in [1.165, 1.54) is 0 Å². The highest BCUT2D eigenvalue weighted by Gasteiger charge is 2.14. The van der Waals surface area contributed by atoms with Gasteiger partial charge in [-0.25, -0.2) is 4.98 Å². The van der Waals surface area contributed by atoms with Gasteiger partial charge in [-0.05, 0) is 24.3 Å². The highest BCUT2D eigenvalue weighted by molar-refractivity contribution is 5.85. The molecule has 0 bridgehead atoms. The fraction of sp³-hybridized carbons (Fsp3) is 0.0526. The molecule has 0 radical (unpaired) electrons. The number of halogens is 1. The Kier molecular flexibility index (Phi) is 4.59. The highest BCUT2D eigenvalue weighted by Crippen LogP contribution is 2.30. The Morgan fingerprint density at radius 3 is 2.36 bits per heavy atom. The predicted octanol–water partition coefficient (Wildman–Crippen LogP) is 4.20. The van der Waals surface area contributed by atoms with Gasteiger partial charge in [-0.2, -0.15) is 0 Å². The first kappa shape index (κ1) is 16.8. The molecule has 0 spiro atoms. The molecule has 4 rings (SSSR count). The normalized spacial score (nSPS) is 10.4. The molecule has 1 N–H and O–H groups in total. The van der Waals surface area contributed by atoms with Gasteiger partial charge < -0.3 is 9.84 Å². The van der Waals surface area contributed by atoms with E-state index in [-0.39, 0.29) is 18.3 Å². The van der Waals surface area contributed by atoms with E-state index in [1.54, 1.807) is 23.9 Å². The van der Waals surface area contributed by atoms with Gasteiger partial charge in [-0.15, -0.1) is 12.4 Å². The lowest BCUT2D eigenvalue weighted by atomic mass is 10.1. The quantitative estimate of drug-likeness (QED) is 0.599. The fourth-order valence-electron chi connectivity index (χ4n) is 2.64. The van der Waals surface area contributed by atoms with Crippen LogP contribution in [-0.4, -0.2) is 26.6 Å². The Balaban J connectivity index is 0.00000182. The van der Waals surface area contributed by atoms with E-state index >= 15 is 0 Å². The number of fused-ring (bicyclic) bond motifs is 1. The summed E-state index contributed by atoms with van der Waals surface area (Å²) in [4.78, 5) is 8.92. The van der Waals surface area contributed by atoms with Gasteiger partial charge in [0.2, 0.25) is 5.88 Å². The summed E-state index contributed by atoms with van der Waals surface area (Å²) in [6, 6.07) is 17.2. The summed E-state index contributed by atoms with van der Waals surface area (Å²) in [7, 11) is 1.63. The predicted molar refractivity (Wildman–Crippen MR) is 99.3 cm³/mol. The van der Waals surface area contributed by atoms with E-state index in [0.717, 1.165) is 22.6 Å². The molecule has 0 fully saturated rings. The van der Waals surface area contributed by atoms with Crippen LogP contribution in [0.4, 0.5) is 0 Å². The topological polar surface area (TPSA) is 59.7 Å². The molecule has 0 amide bonds. The zero-order valence-electron chi connectivity index (χ0n) is 13.5. The first-order valence-corrected chi connectivity index (χ1v) is 7.53. The van der Waals surface area contributed by atoms with Crippen molar-refractivity contribution in [2.45, 2.75) is 0 Å². The van der Waals surface area contributed by atoms with E-state index in [2.05, 4.69) is 9.97 Å². The van der Waals surface area contributed by atoms with Gasteiger partial charge in [0.15, 0.2) is 5.65 Å². The van der Waals surface area contributed by atoms with Crippen LogP contribution in [0.15, 0.2) is 67.0 Å². The second-order valence-electron chi connectivity index (χ2n) is 5.38. The summed E-state index contributed by atoms with van der Waals surface area (Å²) < 4.78 is 6.82. The van der Waals surface area contributed by atoms with Crippen LogP contribution in [0.1, 0.15) is 0 Å². The van der Waals surface area contributed by atoms with Crippen molar-refractivity contribution in [3.8, 4) is 34.1 Å². The Morgan fingerprint density at radius 1 is 0.960 bits per heavy atom. The number of methoxy groups -OCH3 is 1. The summed E-state index contributed by atoms with van der Waals surface area (Å²) >= 11 is 0. The lowest BCUT2D eigenvalue weighted by Crippen LogP contribution is -1.90. The van der Waals surface area contributed by atoms with E-state index in [1.807, 2.05) is 54.6 Å². The first-order valence-electron chi connectivity index (χ1n) is 7.53. The van der Waals surface area contributed by atoms with Crippen molar-refractivity contribution in [2.24, 2.45) is 0 Å². The molecule has 0 atom stereocenters. The maximum atomic E-state index is 10.5. The SMILES string of the molecule is COc1ccc(-c2cn3c(O)c(-c4ccccc4)nc3cn2)cc1.Cl. The molecule has 2 aromatic carbocycles. The molecule has 2 heterocycles. The Bertz CT molecular complexity index is 999. The van der Waals surface area contributed by atoms with Gasteiger partial charge in [-0.1, -0.05) is 30.3 Å². The number of nitrogens with zero attached hydrogens (tertiary/aromatic N) is 3. The third-order valence-electron chi connectivity index (χ3n) is 3.92. The highest BCUT2D eigenvalue weighted by atomic mass is 35.5. The largest absolute Gasteiger partial charge is 0.497 e. The number of aromatic hydroxyl groups is 1. The van der Waals surface area contributed by atoms with Crippen molar-refractivity contribution in [1.29, 1.82) is 0 Å². The molecule has 0 saturated carbocycles. The smallest absolute Gasteiger partial charge is 0.224 e. The standard InChI is InChI=1S/C19H15N3O2.ClH/c1-24-15-9-7-13(8-10-15)16-12-22-17(11-20-16)21-18(19(22)23)14-5-3-2-4-6-14;/h2-12,23H,1H3;1H. The number of ether oxygens (including phenoxy) is 1. The van der Waals surface area contributed by atoms with Crippen molar-refractivity contribution in [3.63, 3.8) is 0 Å². The number of imidazole rings is 1. The van der Waals surface area contributed by atoms with Crippen molar-refractivity contribution in [3.05, 3.63) is 67.0 Å². The van der Waals surface area contributed by atoms with E-state index in [0.29, 0.717) is 11.3 Å². The molecule has 2 aromatic heterocycles. The van der Waals surface area contributed by atoms with Crippen molar-refractivity contribution in [1.82, 2.24) is 14.4 Å². The summed E-state index contributed by atoms with van der Waals surface area (Å²) in [6.07, 6.45) is 3.44. The van der Waals surface area contributed by atoms with Crippen LogP contribution >= 0.6 is 12.4 Å². The van der Waals surface area contributed by atoms with Crippen molar-refractivity contribution in [2.75, 3.05) is 7.11 Å². The van der Waals surface area contributed by atoms with E-state index in [4.69, 9.17) is 4.74 Å². The maximum Gasteiger partial charge on any atom is 0.224 e. The van der Waals surface area contributed by atoms with Crippen molar-refractivity contribution < 1.29 is 9.84 Å². The Hall–Kier alpha value is -3.05. The van der Waals surface area contributed by atoms with Gasteiger partial charge in [0.25, 0.3) is 0 Å². The Labute approximate surface area is 151 Å². The second-order valence-corrected chi connectivity index (χ2v) is 5.38. The number of hydrogen-bond donors (Lipinski definition) is 1. The van der Waals surface area contributed by atoms with Gasteiger partial charge in [0.05, 0.1) is 19.0 Å². The average molecular weight is 354 g/mol. The first-order chi connectivity index (χ1) is 11.8. The van der Waals surface area contributed by atoms with Crippen LogP contribution in [0.3, 0.4) is 0 Å². The summed E-state index contributed by atoms with van der Waals surface area (Å²) in [5, 5.41) is 10.5. The molecule has 0 saturated heterocycles. The minimum atomic E-state index is 0. The van der Waals surface area contributed by atoms with Crippen LogP contribution in [0.2, 0.25) is 0 Å². The average Bonchev–Trinajstić information content (AvgIpc) is 2.99. The monoisotopic (exact) mass is 353 g/mol. The molecule has 126 valence electrons. The van der Waals surface area contributed by atoms with Crippen LogP contribution in [-0.2, 0) is 0 Å². The summed E-state index contributed by atoms with van der Waals surface area (Å²) in [5.41, 5.74) is 3.70. The third-order valence-corrected chi connectivity index (χ3v) is 3.92. The fourth-order valence-corrected chi connectivity index (χ4v) is 2.64. The van der Waals surface area contributed by atoms with Crippen LogP contribution in [0.5, 0.6) is 11.6 Å². The van der Waals surface area contributed by atoms with Gasteiger partial charge in [-0.3, -0.25) is 9.38 Å². The van der Waals surface area contributed by atoms with E-state index < -0.39 is 0 Å². The minimum absolute atomic E-state index is 0. The van der Waals surface area contributed by atoms with Crippen molar-refractivity contribution >= 4 is 18.1 Å². The lowest BCUT2D eigenvalue weighted by Gasteiger charge is -2.04. The van der Waals surface area contributed by atoms with Crippen LogP contribution in [0.25, 0.3) is 28.2 Å². The summed E-state index contributed by atoms with van der Waals surface area (Å²) in [6.45, 7) is 0. The number of aromatic nitrogens is 3. The third kappa shape index (κ3) is 3.02. The molecule has 25 heavy (non-hydrogen) atoms. The number of benzene rings is 2. The van der Waals surface area contributed by atoms with Gasteiger partial charge >= 0.3 is 0 Å². The lowest BCUT2D eigenvalue weighted by molar-refractivity contribution is 0.415. The van der Waals surface area contributed by atoms with Gasteiger partial charge in [0.1, 0.15) is 11.4 Å².